The first-order chi connectivity index (χ1) is 6.70. The standard InChI is InChI=1S/C10H13F2NO/c1-14-9-4-2-3-7(10(9)12)8(13)5-6-11/h2-4,8H,5-6,13H2,1H3/t8-/m1/s1. The molecular formula is C10H13F2NO. The predicted octanol–water partition coefficient (Wildman–Crippen LogP) is 2.19. The van der Waals surface area contributed by atoms with E-state index in [1.165, 1.54) is 19.2 Å². The third-order valence-corrected chi connectivity index (χ3v) is 2.03. The van der Waals surface area contributed by atoms with Gasteiger partial charge in [-0.3, -0.25) is 4.39 Å². The molecular weight excluding hydrogens is 188 g/mol. The van der Waals surface area contributed by atoms with E-state index >= 15 is 0 Å². The number of benzene rings is 1. The second-order valence-electron chi connectivity index (χ2n) is 2.95. The van der Waals surface area contributed by atoms with E-state index in [2.05, 4.69) is 0 Å². The highest BCUT2D eigenvalue weighted by atomic mass is 19.1. The van der Waals surface area contributed by atoms with Crippen molar-refractivity contribution in [3.63, 3.8) is 0 Å². The third kappa shape index (κ3) is 2.20. The highest BCUT2D eigenvalue weighted by Gasteiger charge is 2.14. The number of methoxy groups -OCH3 is 1. The van der Waals surface area contributed by atoms with Crippen molar-refractivity contribution in [1.82, 2.24) is 0 Å². The summed E-state index contributed by atoms with van der Waals surface area (Å²) in [4.78, 5) is 0. The fourth-order valence-electron chi connectivity index (χ4n) is 1.24. The van der Waals surface area contributed by atoms with Gasteiger partial charge in [0.1, 0.15) is 0 Å². The monoisotopic (exact) mass is 201 g/mol. The summed E-state index contributed by atoms with van der Waals surface area (Å²) in [6.07, 6.45) is 0.115. The van der Waals surface area contributed by atoms with Gasteiger partial charge in [0.2, 0.25) is 0 Å². The molecule has 0 fully saturated rings. The minimum absolute atomic E-state index is 0.115. The Morgan fingerprint density at radius 1 is 1.50 bits per heavy atom. The lowest BCUT2D eigenvalue weighted by molar-refractivity contribution is 0.378. The van der Waals surface area contributed by atoms with Crippen LogP contribution in [0, 0.1) is 5.82 Å². The van der Waals surface area contributed by atoms with Gasteiger partial charge in [-0.15, -0.1) is 0 Å². The molecule has 0 saturated heterocycles. The molecule has 78 valence electrons. The Bertz CT molecular complexity index is 304. The van der Waals surface area contributed by atoms with Gasteiger partial charge in [-0.25, -0.2) is 4.39 Å². The average Bonchev–Trinajstić information content (AvgIpc) is 2.18. The van der Waals surface area contributed by atoms with Gasteiger partial charge in [0.25, 0.3) is 0 Å². The van der Waals surface area contributed by atoms with Gasteiger partial charge in [-0.05, 0) is 12.5 Å². The van der Waals surface area contributed by atoms with Gasteiger partial charge < -0.3 is 10.5 Å². The molecule has 4 heteroatoms. The zero-order chi connectivity index (χ0) is 10.6. The summed E-state index contributed by atoms with van der Waals surface area (Å²) in [5.74, 6) is -0.368. The Labute approximate surface area is 81.7 Å². The Kier molecular flexibility index (Phi) is 3.83. The summed E-state index contributed by atoms with van der Waals surface area (Å²) in [6, 6.07) is 4.06. The summed E-state index contributed by atoms with van der Waals surface area (Å²) in [6.45, 7) is -0.558. The van der Waals surface area contributed by atoms with Crippen molar-refractivity contribution in [1.29, 1.82) is 0 Å². The molecule has 1 aromatic rings. The second-order valence-corrected chi connectivity index (χ2v) is 2.95. The minimum Gasteiger partial charge on any atom is -0.494 e. The third-order valence-electron chi connectivity index (χ3n) is 2.03. The molecule has 0 amide bonds. The van der Waals surface area contributed by atoms with E-state index < -0.39 is 18.5 Å². The first-order valence-electron chi connectivity index (χ1n) is 4.34. The van der Waals surface area contributed by atoms with Gasteiger partial charge >= 0.3 is 0 Å². The highest BCUT2D eigenvalue weighted by Crippen LogP contribution is 2.25. The summed E-state index contributed by atoms with van der Waals surface area (Å²) in [7, 11) is 1.38. The molecule has 0 bridgehead atoms. The van der Waals surface area contributed by atoms with Crippen LogP contribution in [-0.2, 0) is 0 Å². The number of alkyl halides is 1. The van der Waals surface area contributed by atoms with Gasteiger partial charge in [0.05, 0.1) is 13.8 Å². The minimum atomic E-state index is -0.616. The molecule has 0 heterocycles. The second kappa shape index (κ2) is 4.91. The van der Waals surface area contributed by atoms with Crippen molar-refractivity contribution in [2.24, 2.45) is 5.73 Å². The molecule has 14 heavy (non-hydrogen) atoms. The Balaban J connectivity index is 2.96. The molecule has 0 spiro atoms. The van der Waals surface area contributed by atoms with Gasteiger partial charge in [0, 0.05) is 11.6 Å². The molecule has 1 aromatic carbocycles. The molecule has 0 radical (unpaired) electrons. The van der Waals surface area contributed by atoms with E-state index in [1.807, 2.05) is 0 Å². The lowest BCUT2D eigenvalue weighted by Crippen LogP contribution is -2.13. The van der Waals surface area contributed by atoms with Crippen molar-refractivity contribution in [2.45, 2.75) is 12.5 Å². The average molecular weight is 201 g/mol. The van der Waals surface area contributed by atoms with Crippen LogP contribution in [0.4, 0.5) is 8.78 Å². The molecule has 2 nitrogen and oxygen atoms in total. The van der Waals surface area contributed by atoms with Crippen LogP contribution in [0.1, 0.15) is 18.0 Å². The zero-order valence-electron chi connectivity index (χ0n) is 7.97. The van der Waals surface area contributed by atoms with Crippen molar-refractivity contribution in [3.05, 3.63) is 29.6 Å². The highest BCUT2D eigenvalue weighted by molar-refractivity contribution is 5.32. The van der Waals surface area contributed by atoms with Gasteiger partial charge in [-0.1, -0.05) is 12.1 Å². The SMILES string of the molecule is COc1cccc([C@H](N)CCF)c1F. The van der Waals surface area contributed by atoms with E-state index in [0.29, 0.717) is 5.56 Å². The molecule has 0 aliphatic carbocycles. The van der Waals surface area contributed by atoms with Gasteiger partial charge in [0.15, 0.2) is 11.6 Å². The Morgan fingerprint density at radius 2 is 2.21 bits per heavy atom. The Morgan fingerprint density at radius 3 is 2.79 bits per heavy atom. The van der Waals surface area contributed by atoms with Crippen LogP contribution in [0.5, 0.6) is 5.75 Å². The van der Waals surface area contributed by atoms with Crippen LogP contribution in [0.25, 0.3) is 0 Å². The van der Waals surface area contributed by atoms with E-state index in [-0.39, 0.29) is 12.2 Å². The number of hydrogen-bond donors (Lipinski definition) is 1. The topological polar surface area (TPSA) is 35.2 Å². The Hall–Kier alpha value is -1.16. The number of nitrogens with two attached hydrogens (primary N) is 1. The first kappa shape index (κ1) is 10.9. The van der Waals surface area contributed by atoms with E-state index in [9.17, 15) is 8.78 Å². The van der Waals surface area contributed by atoms with Crippen LogP contribution >= 0.6 is 0 Å². The first-order valence-corrected chi connectivity index (χ1v) is 4.34. The lowest BCUT2D eigenvalue weighted by atomic mass is 10.0. The molecule has 0 saturated carbocycles. The summed E-state index contributed by atoms with van der Waals surface area (Å²) >= 11 is 0. The molecule has 1 atom stereocenters. The van der Waals surface area contributed by atoms with Crippen molar-refractivity contribution >= 4 is 0 Å². The molecule has 0 aliphatic rings. The molecule has 2 N–H and O–H groups in total. The predicted molar refractivity (Wildman–Crippen MR) is 50.5 cm³/mol. The maximum absolute atomic E-state index is 13.5. The van der Waals surface area contributed by atoms with Gasteiger partial charge in [-0.2, -0.15) is 0 Å². The fourth-order valence-corrected chi connectivity index (χ4v) is 1.24. The molecule has 0 aromatic heterocycles. The van der Waals surface area contributed by atoms with Crippen LogP contribution in [0.3, 0.4) is 0 Å². The van der Waals surface area contributed by atoms with E-state index in [0.717, 1.165) is 0 Å². The summed E-state index contributed by atoms with van der Waals surface area (Å²) in [5.41, 5.74) is 5.89. The smallest absolute Gasteiger partial charge is 0.169 e. The quantitative estimate of drug-likeness (QED) is 0.810. The number of halogens is 2. The van der Waals surface area contributed by atoms with Crippen LogP contribution < -0.4 is 10.5 Å². The van der Waals surface area contributed by atoms with E-state index in [4.69, 9.17) is 10.5 Å². The number of ether oxygens (including phenoxy) is 1. The van der Waals surface area contributed by atoms with E-state index in [1.54, 1.807) is 6.07 Å². The summed E-state index contributed by atoms with van der Waals surface area (Å²) in [5, 5.41) is 0. The molecule has 0 unspecified atom stereocenters. The zero-order valence-corrected chi connectivity index (χ0v) is 7.97. The maximum atomic E-state index is 13.5. The fraction of sp³-hybridized carbons (Fsp3) is 0.400. The number of hydrogen-bond acceptors (Lipinski definition) is 2. The maximum Gasteiger partial charge on any atom is 0.169 e. The van der Waals surface area contributed by atoms with Crippen molar-refractivity contribution < 1.29 is 13.5 Å². The normalized spacial score (nSPS) is 12.6. The van der Waals surface area contributed by atoms with Crippen molar-refractivity contribution in [3.8, 4) is 5.75 Å². The van der Waals surface area contributed by atoms with Crippen LogP contribution in [0.2, 0.25) is 0 Å². The molecule has 0 aliphatic heterocycles. The van der Waals surface area contributed by atoms with Crippen molar-refractivity contribution in [2.75, 3.05) is 13.8 Å². The number of rotatable bonds is 4. The molecule has 1 rings (SSSR count). The lowest BCUT2D eigenvalue weighted by Gasteiger charge is -2.12. The van der Waals surface area contributed by atoms with Crippen LogP contribution in [-0.4, -0.2) is 13.8 Å². The summed E-state index contributed by atoms with van der Waals surface area (Å²) < 4.78 is 30.3. The van der Waals surface area contributed by atoms with Crippen LogP contribution in [0.15, 0.2) is 18.2 Å². The largest absolute Gasteiger partial charge is 0.494 e.